The fraction of sp³-hybridized carbons (Fsp3) is 0.263. The van der Waals surface area contributed by atoms with E-state index >= 15 is 0 Å². The SMILES string of the molecule is CN1CCC2(C1)N=c1ccc3c(O)c4c(O)ccc(O)c4c(O)c3c1=N2. The Morgan fingerprint density at radius 2 is 1.58 bits per heavy atom. The zero-order valence-electron chi connectivity index (χ0n) is 14.1. The summed E-state index contributed by atoms with van der Waals surface area (Å²) in [5, 5.41) is 43.8. The van der Waals surface area contributed by atoms with E-state index in [-0.39, 0.29) is 33.8 Å². The van der Waals surface area contributed by atoms with Crippen molar-refractivity contribution < 1.29 is 20.4 Å². The quantitative estimate of drug-likeness (QED) is 0.358. The first kappa shape index (κ1) is 15.2. The molecule has 0 radical (unpaired) electrons. The zero-order valence-corrected chi connectivity index (χ0v) is 14.1. The summed E-state index contributed by atoms with van der Waals surface area (Å²) in [6, 6.07) is 5.97. The van der Waals surface area contributed by atoms with Gasteiger partial charge in [0, 0.05) is 24.9 Å². The van der Waals surface area contributed by atoms with Crippen LogP contribution in [0.5, 0.6) is 23.0 Å². The highest BCUT2D eigenvalue weighted by molar-refractivity contribution is 6.14. The van der Waals surface area contributed by atoms with E-state index in [0.717, 1.165) is 13.0 Å². The molecule has 3 aromatic carbocycles. The highest BCUT2D eigenvalue weighted by Crippen LogP contribution is 2.47. The van der Waals surface area contributed by atoms with Crippen molar-refractivity contribution in [3.05, 3.63) is 35.0 Å². The van der Waals surface area contributed by atoms with Crippen LogP contribution in [0, 0.1) is 0 Å². The van der Waals surface area contributed by atoms with Crippen LogP contribution >= 0.6 is 0 Å². The topological polar surface area (TPSA) is 109 Å². The van der Waals surface area contributed by atoms with E-state index in [4.69, 9.17) is 9.98 Å². The van der Waals surface area contributed by atoms with Crippen molar-refractivity contribution in [1.82, 2.24) is 4.90 Å². The molecule has 0 bridgehead atoms. The number of aromatic hydroxyl groups is 4. The highest BCUT2D eigenvalue weighted by atomic mass is 16.3. The summed E-state index contributed by atoms with van der Waals surface area (Å²) in [6.45, 7) is 1.57. The Labute approximate surface area is 147 Å². The van der Waals surface area contributed by atoms with Crippen LogP contribution in [0.25, 0.3) is 21.5 Å². The van der Waals surface area contributed by atoms with Crippen molar-refractivity contribution in [2.45, 2.75) is 12.1 Å². The van der Waals surface area contributed by atoms with Crippen molar-refractivity contribution in [2.75, 3.05) is 20.1 Å². The zero-order chi connectivity index (χ0) is 18.2. The molecule has 4 N–H and O–H groups in total. The van der Waals surface area contributed by atoms with Crippen LogP contribution in [0.4, 0.5) is 0 Å². The fourth-order valence-corrected chi connectivity index (χ4v) is 4.14. The minimum atomic E-state index is -0.566. The van der Waals surface area contributed by atoms with Gasteiger partial charge >= 0.3 is 0 Å². The lowest BCUT2D eigenvalue weighted by atomic mass is 9.98. The van der Waals surface area contributed by atoms with Gasteiger partial charge < -0.3 is 25.3 Å². The van der Waals surface area contributed by atoms with Crippen LogP contribution in [0.1, 0.15) is 6.42 Å². The van der Waals surface area contributed by atoms with Crippen LogP contribution in [-0.4, -0.2) is 51.1 Å². The van der Waals surface area contributed by atoms with Gasteiger partial charge in [-0.2, -0.15) is 0 Å². The lowest BCUT2D eigenvalue weighted by molar-refractivity contribution is 0.375. The van der Waals surface area contributed by atoms with Crippen LogP contribution in [-0.2, 0) is 0 Å². The molecule has 3 aromatic rings. The minimum Gasteiger partial charge on any atom is -0.507 e. The third-order valence-electron chi connectivity index (χ3n) is 5.35. The fourth-order valence-electron chi connectivity index (χ4n) is 4.14. The van der Waals surface area contributed by atoms with Gasteiger partial charge in [0.2, 0.25) is 0 Å². The lowest BCUT2D eigenvalue weighted by Gasteiger charge is -2.15. The van der Waals surface area contributed by atoms with Gasteiger partial charge in [-0.05, 0) is 31.3 Å². The molecule has 0 saturated carbocycles. The number of likely N-dealkylation sites (tertiary alicyclic amines) is 1. The van der Waals surface area contributed by atoms with Crippen molar-refractivity contribution in [3.8, 4) is 23.0 Å². The number of nitrogens with zero attached hydrogens (tertiary/aromatic N) is 3. The first-order valence-electron chi connectivity index (χ1n) is 8.40. The Balaban J connectivity index is 1.97. The maximum Gasteiger partial charge on any atom is 0.165 e. The molecule has 0 aromatic heterocycles. The molecular formula is C19H17N3O4. The van der Waals surface area contributed by atoms with Crippen molar-refractivity contribution >= 4 is 21.5 Å². The number of likely N-dealkylation sites (N-methyl/N-ethyl adjacent to an activating group) is 1. The second-order valence-corrected chi connectivity index (χ2v) is 7.10. The van der Waals surface area contributed by atoms with E-state index in [1.165, 1.54) is 12.1 Å². The van der Waals surface area contributed by atoms with Crippen LogP contribution in [0.3, 0.4) is 0 Å². The normalized spacial score (nSPS) is 22.0. The second kappa shape index (κ2) is 4.76. The summed E-state index contributed by atoms with van der Waals surface area (Å²) < 4.78 is 0. The van der Waals surface area contributed by atoms with Crippen molar-refractivity contribution in [1.29, 1.82) is 0 Å². The molecule has 1 spiro atoms. The average molecular weight is 351 g/mol. The predicted octanol–water partition coefficient (Wildman–Crippen LogP) is 1.10. The molecule has 5 rings (SSSR count). The van der Waals surface area contributed by atoms with Crippen LogP contribution in [0.15, 0.2) is 34.3 Å². The van der Waals surface area contributed by atoms with Gasteiger partial charge in [0.15, 0.2) is 5.66 Å². The number of benzene rings is 3. The van der Waals surface area contributed by atoms with Crippen LogP contribution in [0.2, 0.25) is 0 Å². The number of fused-ring (bicyclic) bond motifs is 4. The molecule has 1 saturated heterocycles. The lowest BCUT2D eigenvalue weighted by Crippen LogP contribution is -2.27. The summed E-state index contributed by atoms with van der Waals surface area (Å²) in [5.41, 5.74) is -0.566. The van der Waals surface area contributed by atoms with E-state index < -0.39 is 5.66 Å². The first-order chi connectivity index (χ1) is 12.4. The van der Waals surface area contributed by atoms with E-state index in [1.54, 1.807) is 12.1 Å². The molecule has 7 nitrogen and oxygen atoms in total. The maximum atomic E-state index is 10.9. The molecule has 2 aliphatic rings. The third kappa shape index (κ3) is 1.80. The summed E-state index contributed by atoms with van der Waals surface area (Å²) in [6.07, 6.45) is 0.784. The van der Waals surface area contributed by atoms with E-state index in [9.17, 15) is 20.4 Å². The average Bonchev–Trinajstić information content (AvgIpc) is 3.15. The number of phenols is 4. The monoisotopic (exact) mass is 351 g/mol. The highest BCUT2D eigenvalue weighted by Gasteiger charge is 2.38. The van der Waals surface area contributed by atoms with Gasteiger partial charge in [-0.1, -0.05) is 0 Å². The molecule has 26 heavy (non-hydrogen) atoms. The van der Waals surface area contributed by atoms with Crippen molar-refractivity contribution in [3.63, 3.8) is 0 Å². The molecular weight excluding hydrogens is 334 g/mol. The summed E-state index contributed by atoms with van der Waals surface area (Å²) in [5.74, 6) is -0.872. The Morgan fingerprint density at radius 3 is 2.23 bits per heavy atom. The Morgan fingerprint density at radius 1 is 0.885 bits per heavy atom. The largest absolute Gasteiger partial charge is 0.507 e. The molecule has 0 aliphatic carbocycles. The molecule has 2 heterocycles. The minimum absolute atomic E-state index is 0.00286. The summed E-state index contributed by atoms with van der Waals surface area (Å²) in [7, 11) is 2.01. The van der Waals surface area contributed by atoms with E-state index in [0.29, 0.717) is 28.0 Å². The standard InChI is InChI=1S/C19H17N3O4/c1-22-7-6-19(8-22)20-10-3-2-9-13(16(10)21-19)18(26)15-12(24)5-4-11(23)14(15)17(9)25/h2-5,23-26H,6-8H2,1H3. The number of hydrogen-bond acceptors (Lipinski definition) is 7. The molecule has 7 heteroatoms. The molecule has 0 amide bonds. The van der Waals surface area contributed by atoms with Crippen LogP contribution < -0.4 is 10.7 Å². The van der Waals surface area contributed by atoms with Gasteiger partial charge in [-0.3, -0.25) is 9.98 Å². The molecule has 132 valence electrons. The molecule has 2 aliphatic heterocycles. The van der Waals surface area contributed by atoms with Gasteiger partial charge in [-0.15, -0.1) is 0 Å². The Kier molecular flexibility index (Phi) is 2.79. The van der Waals surface area contributed by atoms with Gasteiger partial charge in [-0.25, -0.2) is 0 Å². The smallest absolute Gasteiger partial charge is 0.165 e. The number of phenolic OH excluding ortho intramolecular Hbond substituents is 4. The second-order valence-electron chi connectivity index (χ2n) is 7.10. The molecule has 1 unspecified atom stereocenters. The van der Waals surface area contributed by atoms with Gasteiger partial charge in [0.25, 0.3) is 0 Å². The van der Waals surface area contributed by atoms with Gasteiger partial charge in [0.1, 0.15) is 23.0 Å². The third-order valence-corrected chi connectivity index (χ3v) is 5.35. The Hall–Kier alpha value is -3.06. The van der Waals surface area contributed by atoms with Crippen molar-refractivity contribution in [2.24, 2.45) is 9.98 Å². The number of hydrogen-bond donors (Lipinski definition) is 4. The molecule has 1 atom stereocenters. The summed E-state index contributed by atoms with van der Waals surface area (Å²) >= 11 is 0. The van der Waals surface area contributed by atoms with E-state index in [1.807, 2.05) is 7.05 Å². The number of rotatable bonds is 0. The van der Waals surface area contributed by atoms with Gasteiger partial charge in [0.05, 0.1) is 26.9 Å². The predicted molar refractivity (Wildman–Crippen MR) is 95.3 cm³/mol. The Bertz CT molecular complexity index is 1240. The maximum absolute atomic E-state index is 10.9. The summed E-state index contributed by atoms with van der Waals surface area (Å²) in [4.78, 5) is 11.7. The molecule has 1 fully saturated rings. The van der Waals surface area contributed by atoms with E-state index in [2.05, 4.69) is 4.90 Å². The first-order valence-corrected chi connectivity index (χ1v) is 8.40.